The molecule has 2 saturated heterocycles. The van der Waals surface area contributed by atoms with Crippen LogP contribution in [0.4, 0.5) is 14.9 Å². The number of aromatic nitrogens is 2. The Kier molecular flexibility index (Phi) is 3.90. The van der Waals surface area contributed by atoms with Crippen LogP contribution in [0, 0.1) is 18.8 Å². The molecule has 2 fully saturated rings. The van der Waals surface area contributed by atoms with E-state index in [1.807, 2.05) is 30.0 Å². The Morgan fingerprint density at radius 2 is 2.00 bits per heavy atom. The molecule has 1 N–H and O–H groups in total. The monoisotopic (exact) mass is 340 g/mol. The minimum Gasteiger partial charge on any atom is -0.318 e. The Labute approximate surface area is 146 Å². The number of urea groups is 1. The number of piperidine rings is 1. The van der Waals surface area contributed by atoms with Gasteiger partial charge in [0.1, 0.15) is 0 Å². The van der Waals surface area contributed by atoms with E-state index in [0.29, 0.717) is 29.4 Å². The number of aryl methyl sites for hydroxylation is 1. The quantitative estimate of drug-likeness (QED) is 0.899. The van der Waals surface area contributed by atoms with Gasteiger partial charge in [0, 0.05) is 23.3 Å². The topological polar surface area (TPSA) is 58.1 Å². The largest absolute Gasteiger partial charge is 0.322 e. The van der Waals surface area contributed by atoms with Crippen LogP contribution >= 0.6 is 0 Å². The van der Waals surface area contributed by atoms with Crippen molar-refractivity contribution in [1.29, 1.82) is 0 Å². The molecule has 0 aliphatic carbocycles. The third kappa shape index (κ3) is 2.97. The zero-order chi connectivity index (χ0) is 17.6. The summed E-state index contributed by atoms with van der Waals surface area (Å²) in [6, 6.07) is 6.28. The lowest BCUT2D eigenvalue weighted by atomic mass is 9.74. The van der Waals surface area contributed by atoms with Gasteiger partial charge in [-0.15, -0.1) is 0 Å². The van der Waals surface area contributed by atoms with Crippen molar-refractivity contribution in [3.63, 3.8) is 0 Å². The van der Waals surface area contributed by atoms with Crippen molar-refractivity contribution in [2.75, 3.05) is 5.32 Å². The first-order valence-corrected chi connectivity index (χ1v) is 8.69. The molecule has 25 heavy (non-hydrogen) atoms. The van der Waals surface area contributed by atoms with Gasteiger partial charge in [-0.1, -0.05) is 13.0 Å². The number of hydrogen-bond donors (Lipinski definition) is 1. The molecule has 0 saturated carbocycles. The van der Waals surface area contributed by atoms with Gasteiger partial charge < -0.3 is 10.2 Å². The first-order valence-electron chi connectivity index (χ1n) is 8.69. The third-order valence-corrected chi connectivity index (χ3v) is 5.28. The Bertz CT molecular complexity index is 813. The van der Waals surface area contributed by atoms with Gasteiger partial charge in [0.15, 0.2) is 0 Å². The van der Waals surface area contributed by atoms with Gasteiger partial charge in [0.05, 0.1) is 18.1 Å². The minimum atomic E-state index is -0.617. The van der Waals surface area contributed by atoms with Crippen molar-refractivity contribution in [3.8, 4) is 11.3 Å². The molecule has 3 heterocycles. The molecular formula is C19H21FN4O. The van der Waals surface area contributed by atoms with E-state index in [-0.39, 0.29) is 6.03 Å². The maximum atomic E-state index is 13.4. The average Bonchev–Trinajstić information content (AvgIpc) is 2.56. The van der Waals surface area contributed by atoms with Crippen molar-refractivity contribution in [1.82, 2.24) is 14.9 Å². The first kappa shape index (κ1) is 16.0. The fourth-order valence-corrected chi connectivity index (χ4v) is 4.11. The van der Waals surface area contributed by atoms with Crippen LogP contribution in [-0.2, 0) is 0 Å². The number of nitrogens with zero attached hydrogens (tertiary/aromatic N) is 3. The number of carbonyl (C=O) groups excluding carboxylic acids is 1. The van der Waals surface area contributed by atoms with Crippen molar-refractivity contribution < 1.29 is 9.18 Å². The fraction of sp³-hybridized carbons (Fsp3) is 0.421. The molecule has 2 aromatic rings. The SMILES string of the molecule is Cc1ccc(NC(=O)N2C3CC(C)CC2C3)cc1-c1cncc(F)n1. The van der Waals surface area contributed by atoms with Crippen molar-refractivity contribution in [2.24, 2.45) is 5.92 Å². The maximum absolute atomic E-state index is 13.4. The van der Waals surface area contributed by atoms with E-state index in [1.165, 1.54) is 6.20 Å². The van der Waals surface area contributed by atoms with Crippen LogP contribution < -0.4 is 5.32 Å². The Morgan fingerprint density at radius 1 is 1.24 bits per heavy atom. The van der Waals surface area contributed by atoms with Gasteiger partial charge in [-0.2, -0.15) is 4.39 Å². The van der Waals surface area contributed by atoms with E-state index in [1.54, 1.807) is 0 Å². The molecule has 1 aromatic heterocycles. The summed E-state index contributed by atoms with van der Waals surface area (Å²) < 4.78 is 13.4. The van der Waals surface area contributed by atoms with Gasteiger partial charge in [-0.05, 0) is 49.8 Å². The molecule has 2 aliphatic rings. The maximum Gasteiger partial charge on any atom is 0.322 e. The van der Waals surface area contributed by atoms with Crippen LogP contribution in [0.5, 0.6) is 0 Å². The number of rotatable bonds is 2. The Balaban J connectivity index is 1.54. The van der Waals surface area contributed by atoms with Crippen LogP contribution in [0.3, 0.4) is 0 Å². The second-order valence-corrected chi connectivity index (χ2v) is 7.21. The molecule has 2 aliphatic heterocycles. The molecule has 130 valence electrons. The van der Waals surface area contributed by atoms with E-state index in [9.17, 15) is 9.18 Å². The van der Waals surface area contributed by atoms with Gasteiger partial charge in [-0.3, -0.25) is 4.98 Å². The van der Waals surface area contributed by atoms with Gasteiger partial charge >= 0.3 is 6.03 Å². The lowest BCUT2D eigenvalue weighted by Crippen LogP contribution is -2.63. The van der Waals surface area contributed by atoms with Crippen LogP contribution in [0.2, 0.25) is 0 Å². The number of halogens is 1. The van der Waals surface area contributed by atoms with Crippen LogP contribution in [0.1, 0.15) is 31.7 Å². The van der Waals surface area contributed by atoms with Crippen molar-refractivity contribution in [2.45, 2.75) is 45.2 Å². The van der Waals surface area contributed by atoms with E-state index in [0.717, 1.165) is 36.6 Å². The first-order chi connectivity index (χ1) is 12.0. The molecule has 1 aromatic carbocycles. The van der Waals surface area contributed by atoms with Gasteiger partial charge in [0.2, 0.25) is 5.95 Å². The van der Waals surface area contributed by atoms with Gasteiger partial charge in [0.25, 0.3) is 0 Å². The number of fused-ring (bicyclic) bond motifs is 2. The molecule has 2 bridgehead atoms. The summed E-state index contributed by atoms with van der Waals surface area (Å²) in [5, 5.41) is 2.98. The molecule has 4 rings (SSSR count). The zero-order valence-electron chi connectivity index (χ0n) is 14.4. The van der Waals surface area contributed by atoms with E-state index in [2.05, 4.69) is 22.2 Å². The number of hydrogen-bond acceptors (Lipinski definition) is 3. The van der Waals surface area contributed by atoms with Crippen molar-refractivity contribution >= 4 is 11.7 Å². The summed E-state index contributed by atoms with van der Waals surface area (Å²) in [6.45, 7) is 4.18. The highest BCUT2D eigenvalue weighted by Crippen LogP contribution is 2.41. The Morgan fingerprint density at radius 3 is 2.72 bits per heavy atom. The van der Waals surface area contributed by atoms with Crippen LogP contribution in [-0.4, -0.2) is 33.0 Å². The summed E-state index contributed by atoms with van der Waals surface area (Å²) in [6.07, 6.45) is 5.89. The van der Waals surface area contributed by atoms with E-state index in [4.69, 9.17) is 0 Å². The molecule has 2 amide bonds. The highest BCUT2D eigenvalue weighted by molar-refractivity contribution is 5.91. The standard InChI is InChI=1S/C19H21FN4O/c1-11-5-14-8-15(6-11)24(14)19(25)22-13-4-3-12(2)16(7-13)17-9-21-10-18(20)23-17/h3-4,7,9-11,14-15H,5-6,8H2,1-2H3,(H,22,25). The third-order valence-electron chi connectivity index (χ3n) is 5.28. The number of amides is 2. The number of carbonyl (C=O) groups is 1. The fourth-order valence-electron chi connectivity index (χ4n) is 4.11. The van der Waals surface area contributed by atoms with Gasteiger partial charge in [-0.25, -0.2) is 9.78 Å². The summed E-state index contributed by atoms with van der Waals surface area (Å²) in [7, 11) is 0. The normalized spacial score (nSPS) is 24.6. The Hall–Kier alpha value is -2.50. The molecule has 0 radical (unpaired) electrons. The minimum absolute atomic E-state index is 0.0479. The van der Waals surface area contributed by atoms with Crippen molar-refractivity contribution in [3.05, 3.63) is 42.1 Å². The predicted molar refractivity (Wildman–Crippen MR) is 93.6 cm³/mol. The zero-order valence-corrected chi connectivity index (χ0v) is 14.4. The molecule has 2 unspecified atom stereocenters. The summed E-state index contributed by atoms with van der Waals surface area (Å²) in [4.78, 5) is 22.3. The predicted octanol–water partition coefficient (Wildman–Crippen LogP) is 4.00. The molecule has 6 heteroatoms. The number of anilines is 1. The van der Waals surface area contributed by atoms with Crippen LogP contribution in [0.25, 0.3) is 11.3 Å². The lowest BCUT2D eigenvalue weighted by Gasteiger charge is -2.54. The highest BCUT2D eigenvalue weighted by atomic mass is 19.1. The molecular weight excluding hydrogens is 319 g/mol. The summed E-state index contributed by atoms with van der Waals surface area (Å²) in [5.74, 6) is 0.0826. The van der Waals surface area contributed by atoms with Crippen LogP contribution in [0.15, 0.2) is 30.6 Å². The smallest absolute Gasteiger partial charge is 0.318 e. The molecule has 2 atom stereocenters. The van der Waals surface area contributed by atoms with E-state index < -0.39 is 5.95 Å². The number of benzene rings is 1. The highest BCUT2D eigenvalue weighted by Gasteiger charge is 2.46. The van der Waals surface area contributed by atoms with E-state index >= 15 is 0 Å². The summed E-state index contributed by atoms with van der Waals surface area (Å²) >= 11 is 0. The second kappa shape index (κ2) is 6.10. The lowest BCUT2D eigenvalue weighted by molar-refractivity contribution is -0.00600. The summed E-state index contributed by atoms with van der Waals surface area (Å²) in [5.41, 5.74) is 2.87. The molecule has 5 nitrogen and oxygen atoms in total. The average molecular weight is 340 g/mol. The molecule has 0 spiro atoms. The number of nitrogens with one attached hydrogen (secondary N) is 1. The second-order valence-electron chi connectivity index (χ2n) is 7.21.